The quantitative estimate of drug-likeness (QED) is 0.927. The minimum Gasteiger partial charge on any atom is -0.355 e. The summed E-state index contributed by atoms with van der Waals surface area (Å²) in [6.07, 6.45) is 0. The molecule has 1 heterocycles. The monoisotopic (exact) mass is 328 g/mol. The molecule has 2 aromatic rings. The molecule has 0 saturated heterocycles. The van der Waals surface area contributed by atoms with E-state index >= 15 is 0 Å². The van der Waals surface area contributed by atoms with Crippen molar-refractivity contribution in [1.29, 1.82) is 0 Å². The zero-order valence-corrected chi connectivity index (χ0v) is 12.6. The van der Waals surface area contributed by atoms with Crippen LogP contribution >= 0.6 is 27.5 Å². The summed E-state index contributed by atoms with van der Waals surface area (Å²) in [6, 6.07) is 5.75. The van der Waals surface area contributed by atoms with Gasteiger partial charge in [-0.2, -0.15) is 0 Å². The Morgan fingerprint density at radius 1 is 1.33 bits per heavy atom. The van der Waals surface area contributed by atoms with Gasteiger partial charge in [-0.15, -0.1) is 10.2 Å². The Kier molecular flexibility index (Phi) is 4.24. The van der Waals surface area contributed by atoms with E-state index in [0.717, 1.165) is 34.9 Å². The van der Waals surface area contributed by atoms with Gasteiger partial charge in [-0.05, 0) is 32.0 Å². The van der Waals surface area contributed by atoms with Gasteiger partial charge >= 0.3 is 0 Å². The second-order valence-corrected chi connectivity index (χ2v) is 5.07. The van der Waals surface area contributed by atoms with Crippen molar-refractivity contribution in [2.45, 2.75) is 20.4 Å². The summed E-state index contributed by atoms with van der Waals surface area (Å²) in [5, 5.41) is 12.2. The summed E-state index contributed by atoms with van der Waals surface area (Å²) in [6.45, 7) is 5.69. The second-order valence-electron chi connectivity index (χ2n) is 3.75. The van der Waals surface area contributed by atoms with Crippen LogP contribution in [0.15, 0.2) is 22.7 Å². The first-order chi connectivity index (χ1) is 8.67. The smallest absolute Gasteiger partial charge is 0.224 e. The van der Waals surface area contributed by atoms with Crippen LogP contribution in [-0.2, 0) is 6.54 Å². The van der Waals surface area contributed by atoms with Gasteiger partial charge in [0.2, 0.25) is 5.95 Å². The van der Waals surface area contributed by atoms with Gasteiger partial charge in [0.25, 0.3) is 0 Å². The number of halogens is 2. The maximum absolute atomic E-state index is 6.25. The van der Waals surface area contributed by atoms with Crippen molar-refractivity contribution < 1.29 is 0 Å². The molecule has 6 heteroatoms. The zero-order valence-electron chi connectivity index (χ0n) is 10.2. The predicted molar refractivity (Wildman–Crippen MR) is 78.0 cm³/mol. The minimum absolute atomic E-state index is 0.662. The molecular formula is C12H14BrClN4. The molecule has 0 aliphatic carbocycles. The normalized spacial score (nSPS) is 10.7. The molecule has 0 saturated carbocycles. The summed E-state index contributed by atoms with van der Waals surface area (Å²) in [7, 11) is 0. The number of hydrogen-bond donors (Lipinski definition) is 1. The van der Waals surface area contributed by atoms with Crippen molar-refractivity contribution in [3.63, 3.8) is 0 Å². The Balaban J connectivity index is 2.50. The number of nitrogens with zero attached hydrogens (tertiary/aromatic N) is 3. The Hall–Kier alpha value is -1.07. The summed E-state index contributed by atoms with van der Waals surface area (Å²) < 4.78 is 2.96. The Bertz CT molecular complexity index is 553. The predicted octanol–water partition coefficient (Wildman–Crippen LogP) is 3.81. The SMILES string of the molecule is CCNc1nnc(-c2ccc(Br)cc2Cl)n1CC. The van der Waals surface area contributed by atoms with Gasteiger partial charge in [-0.3, -0.25) is 4.57 Å². The lowest BCUT2D eigenvalue weighted by molar-refractivity contribution is 0.770. The lowest BCUT2D eigenvalue weighted by Crippen LogP contribution is -2.07. The Labute approximate surface area is 119 Å². The number of hydrogen-bond acceptors (Lipinski definition) is 3. The first-order valence-corrected chi connectivity index (χ1v) is 6.97. The van der Waals surface area contributed by atoms with E-state index in [9.17, 15) is 0 Å². The summed E-state index contributed by atoms with van der Waals surface area (Å²) in [4.78, 5) is 0. The van der Waals surface area contributed by atoms with Gasteiger partial charge < -0.3 is 5.32 Å². The average molecular weight is 330 g/mol. The van der Waals surface area contributed by atoms with Crippen LogP contribution in [0.4, 0.5) is 5.95 Å². The second kappa shape index (κ2) is 5.71. The molecule has 0 unspecified atom stereocenters. The van der Waals surface area contributed by atoms with Crippen molar-refractivity contribution in [2.24, 2.45) is 0 Å². The Morgan fingerprint density at radius 3 is 2.72 bits per heavy atom. The molecule has 0 aliphatic rings. The third-order valence-corrected chi connectivity index (χ3v) is 3.38. The van der Waals surface area contributed by atoms with E-state index < -0.39 is 0 Å². The molecular weight excluding hydrogens is 316 g/mol. The molecule has 0 aliphatic heterocycles. The van der Waals surface area contributed by atoms with Gasteiger partial charge in [0.1, 0.15) is 0 Å². The molecule has 0 spiro atoms. The van der Waals surface area contributed by atoms with Crippen LogP contribution < -0.4 is 5.32 Å². The van der Waals surface area contributed by atoms with E-state index in [1.54, 1.807) is 0 Å². The highest BCUT2D eigenvalue weighted by atomic mass is 79.9. The summed E-state index contributed by atoms with van der Waals surface area (Å²) in [5.74, 6) is 1.56. The minimum atomic E-state index is 0.662. The first-order valence-electron chi connectivity index (χ1n) is 5.79. The molecule has 0 fully saturated rings. The standard InChI is InChI=1S/C12H14BrClN4/c1-3-15-12-17-16-11(18(12)4-2)9-6-5-8(13)7-10(9)14/h5-7H,3-4H2,1-2H3,(H,15,17). The van der Waals surface area contributed by atoms with E-state index in [2.05, 4.69) is 38.4 Å². The van der Waals surface area contributed by atoms with E-state index in [-0.39, 0.29) is 0 Å². The highest BCUT2D eigenvalue weighted by Crippen LogP contribution is 2.30. The van der Waals surface area contributed by atoms with Crippen LogP contribution in [0, 0.1) is 0 Å². The van der Waals surface area contributed by atoms with Crippen LogP contribution in [0.5, 0.6) is 0 Å². The van der Waals surface area contributed by atoms with E-state index in [4.69, 9.17) is 11.6 Å². The topological polar surface area (TPSA) is 42.7 Å². The lowest BCUT2D eigenvalue weighted by atomic mass is 10.2. The molecule has 1 aromatic heterocycles. The fourth-order valence-corrected chi connectivity index (χ4v) is 2.52. The van der Waals surface area contributed by atoms with Crippen LogP contribution in [0.1, 0.15) is 13.8 Å². The van der Waals surface area contributed by atoms with Crippen molar-refractivity contribution in [3.8, 4) is 11.4 Å². The Morgan fingerprint density at radius 2 is 2.11 bits per heavy atom. The van der Waals surface area contributed by atoms with Crippen molar-refractivity contribution in [3.05, 3.63) is 27.7 Å². The van der Waals surface area contributed by atoms with Gasteiger partial charge in [-0.25, -0.2) is 0 Å². The van der Waals surface area contributed by atoms with Gasteiger partial charge in [0, 0.05) is 23.1 Å². The van der Waals surface area contributed by atoms with E-state index in [0.29, 0.717) is 5.02 Å². The molecule has 0 radical (unpaired) electrons. The van der Waals surface area contributed by atoms with Crippen molar-refractivity contribution in [1.82, 2.24) is 14.8 Å². The highest BCUT2D eigenvalue weighted by molar-refractivity contribution is 9.10. The van der Waals surface area contributed by atoms with Crippen LogP contribution in [-0.4, -0.2) is 21.3 Å². The highest BCUT2D eigenvalue weighted by Gasteiger charge is 2.14. The molecule has 1 N–H and O–H groups in total. The number of anilines is 1. The average Bonchev–Trinajstić information content (AvgIpc) is 2.72. The largest absolute Gasteiger partial charge is 0.355 e. The summed E-state index contributed by atoms with van der Waals surface area (Å²) in [5.41, 5.74) is 0.887. The van der Waals surface area contributed by atoms with E-state index in [1.165, 1.54) is 0 Å². The van der Waals surface area contributed by atoms with Crippen LogP contribution in [0.2, 0.25) is 5.02 Å². The number of nitrogens with one attached hydrogen (secondary N) is 1. The maximum Gasteiger partial charge on any atom is 0.224 e. The van der Waals surface area contributed by atoms with Crippen LogP contribution in [0.25, 0.3) is 11.4 Å². The van der Waals surface area contributed by atoms with E-state index in [1.807, 2.05) is 29.7 Å². The molecule has 0 bridgehead atoms. The molecule has 4 nitrogen and oxygen atoms in total. The molecule has 0 amide bonds. The molecule has 0 atom stereocenters. The number of aromatic nitrogens is 3. The fourth-order valence-electron chi connectivity index (χ4n) is 1.76. The molecule has 1 aromatic carbocycles. The van der Waals surface area contributed by atoms with Gasteiger partial charge in [0.15, 0.2) is 5.82 Å². The zero-order chi connectivity index (χ0) is 13.1. The lowest BCUT2D eigenvalue weighted by Gasteiger charge is -2.09. The summed E-state index contributed by atoms with van der Waals surface area (Å²) >= 11 is 9.64. The van der Waals surface area contributed by atoms with Crippen LogP contribution in [0.3, 0.4) is 0 Å². The third-order valence-electron chi connectivity index (χ3n) is 2.57. The number of rotatable bonds is 4. The van der Waals surface area contributed by atoms with Gasteiger partial charge in [0.05, 0.1) is 5.02 Å². The van der Waals surface area contributed by atoms with Crippen molar-refractivity contribution >= 4 is 33.5 Å². The molecule has 96 valence electrons. The van der Waals surface area contributed by atoms with Gasteiger partial charge in [-0.1, -0.05) is 27.5 Å². The molecule has 18 heavy (non-hydrogen) atoms. The first kappa shape index (κ1) is 13.4. The van der Waals surface area contributed by atoms with Crippen molar-refractivity contribution in [2.75, 3.05) is 11.9 Å². The number of benzene rings is 1. The maximum atomic E-state index is 6.25. The molecule has 2 rings (SSSR count). The fraction of sp³-hybridized carbons (Fsp3) is 0.333. The third kappa shape index (κ3) is 2.52.